The molecule has 1 heterocycles. The second kappa shape index (κ2) is 8.23. The Kier molecular flexibility index (Phi) is 6.62. The quantitative estimate of drug-likeness (QED) is 0.801. The molecule has 2 fully saturated rings. The third-order valence-electron chi connectivity index (χ3n) is 4.98. The molecule has 1 atom stereocenters. The summed E-state index contributed by atoms with van der Waals surface area (Å²) in [4.78, 5) is 2.59. The van der Waals surface area contributed by atoms with Crippen LogP contribution in [0.3, 0.4) is 0 Å². The van der Waals surface area contributed by atoms with Crippen molar-refractivity contribution in [1.29, 1.82) is 0 Å². The maximum absolute atomic E-state index is 5.48. The molecule has 0 radical (unpaired) electrons. The fraction of sp³-hybridized carbons (Fsp3) is 1.00. The van der Waals surface area contributed by atoms with E-state index in [9.17, 15) is 0 Å². The summed E-state index contributed by atoms with van der Waals surface area (Å²) in [5.41, 5.74) is 0. The number of rotatable bonds is 6. The van der Waals surface area contributed by atoms with E-state index in [-0.39, 0.29) is 0 Å². The van der Waals surface area contributed by atoms with Gasteiger partial charge in [0, 0.05) is 31.8 Å². The second-order valence-corrected chi connectivity index (χ2v) is 6.35. The maximum atomic E-state index is 5.48. The van der Waals surface area contributed by atoms with E-state index < -0.39 is 0 Å². The predicted molar refractivity (Wildman–Crippen MR) is 80.5 cm³/mol. The number of nitrogens with one attached hydrogen (secondary N) is 1. The van der Waals surface area contributed by atoms with Crippen LogP contribution < -0.4 is 5.32 Å². The lowest BCUT2D eigenvalue weighted by Gasteiger charge is -2.37. The van der Waals surface area contributed by atoms with Crippen molar-refractivity contribution in [1.82, 2.24) is 10.2 Å². The molecule has 0 aromatic carbocycles. The predicted octanol–water partition coefficient (Wildman–Crippen LogP) is 2.66. The van der Waals surface area contributed by atoms with Gasteiger partial charge in [-0.05, 0) is 45.2 Å². The number of hydrogen-bond acceptors (Lipinski definition) is 3. The lowest BCUT2D eigenvalue weighted by molar-refractivity contribution is 0.0367. The lowest BCUT2D eigenvalue weighted by atomic mass is 9.83. The molecule has 2 aliphatic rings. The van der Waals surface area contributed by atoms with Crippen LogP contribution in [-0.4, -0.2) is 50.3 Å². The van der Waals surface area contributed by atoms with Gasteiger partial charge in [-0.3, -0.25) is 0 Å². The van der Waals surface area contributed by atoms with Gasteiger partial charge in [-0.2, -0.15) is 0 Å². The van der Waals surface area contributed by atoms with Gasteiger partial charge in [0.05, 0.1) is 0 Å². The molecule has 3 heteroatoms. The first-order valence-corrected chi connectivity index (χ1v) is 8.32. The van der Waals surface area contributed by atoms with Crippen LogP contribution in [0.25, 0.3) is 0 Å². The van der Waals surface area contributed by atoms with Gasteiger partial charge in [0.15, 0.2) is 0 Å². The normalized spacial score (nSPS) is 24.8. The highest BCUT2D eigenvalue weighted by atomic mass is 16.5. The Hall–Kier alpha value is -0.120. The van der Waals surface area contributed by atoms with E-state index in [0.717, 1.165) is 31.7 Å². The van der Waals surface area contributed by atoms with Crippen molar-refractivity contribution < 1.29 is 4.74 Å². The summed E-state index contributed by atoms with van der Waals surface area (Å²) in [7, 11) is 2.31. The van der Waals surface area contributed by atoms with E-state index in [1.807, 2.05) is 0 Å². The number of likely N-dealkylation sites (N-methyl/N-ethyl adjacent to an activating group) is 2. The molecule has 1 saturated carbocycles. The van der Waals surface area contributed by atoms with Crippen molar-refractivity contribution in [2.45, 2.75) is 64.0 Å². The van der Waals surface area contributed by atoms with Gasteiger partial charge in [-0.15, -0.1) is 0 Å². The topological polar surface area (TPSA) is 24.5 Å². The van der Waals surface area contributed by atoms with Crippen LogP contribution in [0.4, 0.5) is 0 Å². The van der Waals surface area contributed by atoms with E-state index >= 15 is 0 Å². The summed E-state index contributed by atoms with van der Waals surface area (Å²) in [6, 6.07) is 1.43. The number of nitrogens with zero attached hydrogens (tertiary/aromatic N) is 1. The van der Waals surface area contributed by atoms with Crippen molar-refractivity contribution in [3.05, 3.63) is 0 Å². The van der Waals surface area contributed by atoms with Crippen molar-refractivity contribution in [2.75, 3.05) is 33.4 Å². The highest BCUT2D eigenvalue weighted by Gasteiger charge is 2.26. The Morgan fingerprint density at radius 1 is 1.11 bits per heavy atom. The summed E-state index contributed by atoms with van der Waals surface area (Å²) in [5, 5.41) is 3.75. The first kappa shape index (κ1) is 15.3. The summed E-state index contributed by atoms with van der Waals surface area (Å²) >= 11 is 0. The molecule has 1 aliphatic carbocycles. The van der Waals surface area contributed by atoms with Gasteiger partial charge >= 0.3 is 0 Å². The van der Waals surface area contributed by atoms with Gasteiger partial charge < -0.3 is 15.0 Å². The van der Waals surface area contributed by atoms with Crippen molar-refractivity contribution >= 4 is 0 Å². The Bertz CT molecular complexity index is 235. The molecule has 1 aliphatic heterocycles. The van der Waals surface area contributed by atoms with Gasteiger partial charge in [0.1, 0.15) is 0 Å². The fourth-order valence-corrected chi connectivity index (χ4v) is 3.76. The zero-order chi connectivity index (χ0) is 13.5. The number of ether oxygens (including phenoxy) is 1. The highest BCUT2D eigenvalue weighted by molar-refractivity contribution is 4.83. The molecule has 0 bridgehead atoms. The molecule has 112 valence electrons. The van der Waals surface area contributed by atoms with E-state index in [1.54, 1.807) is 0 Å². The first-order valence-electron chi connectivity index (χ1n) is 8.32. The fourth-order valence-electron chi connectivity index (χ4n) is 3.76. The molecule has 0 amide bonds. The molecule has 2 rings (SSSR count). The SMILES string of the molecule is CCNC(CN(C)C1CCOCC1)C1CCCCC1. The van der Waals surface area contributed by atoms with E-state index in [4.69, 9.17) is 4.74 Å². The van der Waals surface area contributed by atoms with Crippen LogP contribution in [-0.2, 0) is 4.74 Å². The minimum atomic E-state index is 0.693. The van der Waals surface area contributed by atoms with Gasteiger partial charge in [-0.25, -0.2) is 0 Å². The smallest absolute Gasteiger partial charge is 0.0480 e. The van der Waals surface area contributed by atoms with E-state index in [0.29, 0.717) is 6.04 Å². The largest absolute Gasteiger partial charge is 0.381 e. The molecule has 1 unspecified atom stereocenters. The van der Waals surface area contributed by atoms with Gasteiger partial charge in [0.2, 0.25) is 0 Å². The Morgan fingerprint density at radius 2 is 1.79 bits per heavy atom. The molecule has 3 nitrogen and oxygen atoms in total. The van der Waals surface area contributed by atoms with Gasteiger partial charge in [-0.1, -0.05) is 26.2 Å². The monoisotopic (exact) mass is 268 g/mol. The summed E-state index contributed by atoms with van der Waals surface area (Å²) in [6.45, 7) is 6.45. The van der Waals surface area contributed by atoms with Crippen LogP contribution in [0.15, 0.2) is 0 Å². The van der Waals surface area contributed by atoms with Crippen LogP contribution in [0.2, 0.25) is 0 Å². The lowest BCUT2D eigenvalue weighted by Crippen LogP contribution is -2.48. The minimum absolute atomic E-state index is 0.693. The molecular weight excluding hydrogens is 236 g/mol. The van der Waals surface area contributed by atoms with Crippen molar-refractivity contribution in [3.8, 4) is 0 Å². The van der Waals surface area contributed by atoms with Crippen molar-refractivity contribution in [2.24, 2.45) is 5.92 Å². The first-order chi connectivity index (χ1) is 9.31. The average Bonchev–Trinajstić information content (AvgIpc) is 2.48. The zero-order valence-electron chi connectivity index (χ0n) is 12.9. The van der Waals surface area contributed by atoms with Crippen LogP contribution in [0, 0.1) is 5.92 Å². The van der Waals surface area contributed by atoms with Crippen molar-refractivity contribution in [3.63, 3.8) is 0 Å². The third kappa shape index (κ3) is 4.73. The highest BCUT2D eigenvalue weighted by Crippen LogP contribution is 2.27. The molecular formula is C16H32N2O. The van der Waals surface area contributed by atoms with Crippen LogP contribution in [0.5, 0.6) is 0 Å². The van der Waals surface area contributed by atoms with Crippen LogP contribution in [0.1, 0.15) is 51.9 Å². The molecule has 0 aromatic rings. The summed E-state index contributed by atoms with van der Waals surface area (Å²) in [5.74, 6) is 0.899. The average molecular weight is 268 g/mol. The molecule has 0 aromatic heterocycles. The third-order valence-corrected chi connectivity index (χ3v) is 4.98. The molecule has 19 heavy (non-hydrogen) atoms. The van der Waals surface area contributed by atoms with Gasteiger partial charge in [0.25, 0.3) is 0 Å². The van der Waals surface area contributed by atoms with Crippen LogP contribution >= 0.6 is 0 Å². The standard InChI is InChI=1S/C16H32N2O/c1-3-17-16(14-7-5-4-6-8-14)13-18(2)15-9-11-19-12-10-15/h14-17H,3-13H2,1-2H3. The summed E-state index contributed by atoms with van der Waals surface area (Å²) in [6.07, 6.45) is 9.60. The molecule has 0 spiro atoms. The molecule has 1 saturated heterocycles. The Balaban J connectivity index is 1.83. The minimum Gasteiger partial charge on any atom is -0.381 e. The Morgan fingerprint density at radius 3 is 2.42 bits per heavy atom. The van der Waals surface area contributed by atoms with E-state index in [2.05, 4.69) is 24.2 Å². The van der Waals surface area contributed by atoms with E-state index in [1.165, 1.54) is 51.5 Å². The maximum Gasteiger partial charge on any atom is 0.0480 e. The molecule has 1 N–H and O–H groups in total. The zero-order valence-corrected chi connectivity index (χ0v) is 12.9. The Labute approximate surface area is 119 Å². The number of hydrogen-bond donors (Lipinski definition) is 1. The summed E-state index contributed by atoms with van der Waals surface area (Å²) < 4.78 is 5.48. The second-order valence-electron chi connectivity index (χ2n) is 6.35.